The number of hydrogen-bond acceptors (Lipinski definition) is 5. The summed E-state index contributed by atoms with van der Waals surface area (Å²) in [6.07, 6.45) is 0. The zero-order valence-electron chi connectivity index (χ0n) is 14.5. The zero-order valence-corrected chi connectivity index (χ0v) is 15.3. The van der Waals surface area contributed by atoms with Crippen molar-refractivity contribution in [2.24, 2.45) is 0 Å². The summed E-state index contributed by atoms with van der Waals surface area (Å²) in [6, 6.07) is 4.87. The van der Waals surface area contributed by atoms with Crippen LogP contribution >= 0.6 is 11.3 Å². The fraction of sp³-hybridized carbons (Fsp3) is 0.158. The number of phenolic OH excluding ortho intramolecular Hbond substituents is 1. The van der Waals surface area contributed by atoms with E-state index in [4.69, 9.17) is 4.42 Å². The van der Waals surface area contributed by atoms with Gasteiger partial charge in [-0.3, -0.25) is 19.4 Å². The molecule has 0 aliphatic carbocycles. The van der Waals surface area contributed by atoms with Gasteiger partial charge in [0, 0.05) is 17.0 Å². The minimum absolute atomic E-state index is 0.0269. The molecule has 0 aliphatic heterocycles. The van der Waals surface area contributed by atoms with Gasteiger partial charge < -0.3 is 14.5 Å². The molecular formula is C19H15N3O4S. The van der Waals surface area contributed by atoms with Crippen molar-refractivity contribution < 1.29 is 9.52 Å². The van der Waals surface area contributed by atoms with Gasteiger partial charge in [-0.15, -0.1) is 0 Å². The highest BCUT2D eigenvalue weighted by atomic mass is 32.1. The van der Waals surface area contributed by atoms with Crippen molar-refractivity contribution in [3.05, 3.63) is 49.5 Å². The lowest BCUT2D eigenvalue weighted by atomic mass is 10.0. The number of nitrogens with one attached hydrogen (secondary N) is 2. The summed E-state index contributed by atoms with van der Waals surface area (Å²) in [4.78, 5) is 27.9. The van der Waals surface area contributed by atoms with E-state index in [1.807, 2.05) is 30.7 Å². The van der Waals surface area contributed by atoms with Crippen LogP contribution in [0.15, 0.2) is 43.0 Å². The second-order valence-corrected chi connectivity index (χ2v) is 7.52. The van der Waals surface area contributed by atoms with Crippen LogP contribution in [0.3, 0.4) is 0 Å². The van der Waals surface area contributed by atoms with Crippen molar-refractivity contribution in [1.82, 2.24) is 14.8 Å². The largest absolute Gasteiger partial charge is 0.502 e. The normalized spacial score (nSPS) is 12.1. The van der Waals surface area contributed by atoms with Gasteiger partial charge in [0.25, 0.3) is 5.56 Å². The van der Waals surface area contributed by atoms with E-state index >= 15 is 0 Å². The highest BCUT2D eigenvalue weighted by Crippen LogP contribution is 2.40. The third-order valence-corrected chi connectivity index (χ3v) is 5.45. The number of aromatic amines is 2. The minimum Gasteiger partial charge on any atom is -0.502 e. The Morgan fingerprint density at radius 1 is 1.19 bits per heavy atom. The number of furan rings is 1. The van der Waals surface area contributed by atoms with E-state index in [0.717, 1.165) is 5.56 Å². The summed E-state index contributed by atoms with van der Waals surface area (Å²) in [7, 11) is 0. The molecule has 5 rings (SSSR count). The number of hydrogen-bond donors (Lipinski definition) is 3. The zero-order chi connectivity index (χ0) is 18.9. The van der Waals surface area contributed by atoms with Crippen molar-refractivity contribution in [3.63, 3.8) is 0 Å². The predicted molar refractivity (Wildman–Crippen MR) is 106 cm³/mol. The quantitative estimate of drug-likeness (QED) is 0.431. The van der Waals surface area contributed by atoms with E-state index in [9.17, 15) is 14.7 Å². The van der Waals surface area contributed by atoms with Gasteiger partial charge in [0.1, 0.15) is 5.65 Å². The highest BCUT2D eigenvalue weighted by molar-refractivity contribution is 7.08. The molecule has 0 saturated heterocycles. The van der Waals surface area contributed by atoms with Crippen LogP contribution in [0.5, 0.6) is 5.75 Å². The van der Waals surface area contributed by atoms with Crippen molar-refractivity contribution in [3.8, 4) is 16.9 Å². The molecule has 0 aliphatic rings. The Kier molecular flexibility index (Phi) is 3.17. The van der Waals surface area contributed by atoms with E-state index in [1.54, 1.807) is 10.7 Å². The predicted octanol–water partition coefficient (Wildman–Crippen LogP) is 3.93. The number of nitrogens with zero attached hydrogens (tertiary/aromatic N) is 1. The van der Waals surface area contributed by atoms with Gasteiger partial charge in [0.2, 0.25) is 11.2 Å². The molecule has 4 aromatic heterocycles. The van der Waals surface area contributed by atoms with Gasteiger partial charge >= 0.3 is 0 Å². The monoisotopic (exact) mass is 381 g/mol. The standard InChI is InChI=1S/C19H15N3O4S/c1-8(2)22-18-13(19(25)21-22)12(9-5-6-27-7-9)17-14(20-18)10-3-4-11(23)15(24)16(10)26-17/h3-8,20,24H,1-2H3,(H,21,25). The van der Waals surface area contributed by atoms with Gasteiger partial charge in [-0.25, -0.2) is 0 Å². The fourth-order valence-electron chi connectivity index (χ4n) is 3.53. The van der Waals surface area contributed by atoms with Crippen molar-refractivity contribution in [1.29, 1.82) is 0 Å². The first-order chi connectivity index (χ1) is 13.0. The first-order valence-corrected chi connectivity index (χ1v) is 9.39. The molecule has 3 N–H and O–H groups in total. The molecule has 0 unspecified atom stereocenters. The van der Waals surface area contributed by atoms with Gasteiger partial charge in [-0.05, 0) is 48.4 Å². The topological polar surface area (TPSA) is 104 Å². The van der Waals surface area contributed by atoms with Crippen LogP contribution in [0.25, 0.3) is 44.2 Å². The van der Waals surface area contributed by atoms with Crippen molar-refractivity contribution >= 4 is 44.4 Å². The maximum Gasteiger partial charge on any atom is 0.274 e. The maximum absolute atomic E-state index is 12.8. The Hall–Kier alpha value is -3.26. The van der Waals surface area contributed by atoms with Crippen LogP contribution in [0.4, 0.5) is 0 Å². The number of rotatable bonds is 2. The van der Waals surface area contributed by atoms with Crippen LogP contribution in [0, 0.1) is 0 Å². The van der Waals surface area contributed by atoms with Gasteiger partial charge in [-0.1, -0.05) is 0 Å². The molecule has 0 saturated carbocycles. The Morgan fingerprint density at radius 3 is 2.70 bits per heavy atom. The lowest BCUT2D eigenvalue weighted by Crippen LogP contribution is -2.07. The molecule has 0 amide bonds. The number of phenols is 1. The molecule has 0 fully saturated rings. The highest BCUT2D eigenvalue weighted by Gasteiger charge is 2.23. The molecular weight excluding hydrogens is 366 g/mol. The summed E-state index contributed by atoms with van der Waals surface area (Å²) >= 11 is 1.51. The van der Waals surface area contributed by atoms with Gasteiger partial charge in [0.15, 0.2) is 11.2 Å². The summed E-state index contributed by atoms with van der Waals surface area (Å²) in [5.74, 6) is -0.432. The van der Waals surface area contributed by atoms with E-state index in [1.165, 1.54) is 17.4 Å². The summed E-state index contributed by atoms with van der Waals surface area (Å²) in [5.41, 5.74) is 2.56. The Balaban J connectivity index is 2.10. The number of fused-ring (bicyclic) bond motifs is 4. The second kappa shape index (κ2) is 5.37. The summed E-state index contributed by atoms with van der Waals surface area (Å²) in [5, 5.41) is 18.0. The van der Waals surface area contributed by atoms with E-state index in [0.29, 0.717) is 33.1 Å². The molecule has 27 heavy (non-hydrogen) atoms. The Morgan fingerprint density at radius 2 is 2.00 bits per heavy atom. The Labute approximate surface area is 155 Å². The van der Waals surface area contributed by atoms with Crippen LogP contribution in [-0.2, 0) is 0 Å². The third-order valence-electron chi connectivity index (χ3n) is 4.77. The van der Waals surface area contributed by atoms with Crippen molar-refractivity contribution in [2.75, 3.05) is 0 Å². The van der Waals surface area contributed by atoms with Crippen LogP contribution in [-0.4, -0.2) is 19.9 Å². The SMILES string of the molecule is CC(C)n1[nH]c(=O)c2c(-c3ccsc3)c3oc4c(O)c(=O)ccc4c3[nH]c21. The molecule has 136 valence electrons. The van der Waals surface area contributed by atoms with Crippen molar-refractivity contribution in [2.45, 2.75) is 19.9 Å². The average Bonchev–Trinajstić information content (AvgIpc) is 3.35. The number of benzene rings is 1. The lowest BCUT2D eigenvalue weighted by Gasteiger charge is -2.09. The molecule has 7 nitrogen and oxygen atoms in total. The molecule has 0 radical (unpaired) electrons. The molecule has 4 heterocycles. The van der Waals surface area contributed by atoms with Crippen LogP contribution in [0.2, 0.25) is 0 Å². The Bertz CT molecular complexity index is 1450. The number of aromatic hydroxyl groups is 1. The summed E-state index contributed by atoms with van der Waals surface area (Å²) in [6.45, 7) is 3.95. The molecule has 0 atom stereocenters. The average molecular weight is 381 g/mol. The smallest absolute Gasteiger partial charge is 0.274 e. The molecule has 0 bridgehead atoms. The molecule has 1 aromatic carbocycles. The van der Waals surface area contributed by atoms with Crippen LogP contribution in [0.1, 0.15) is 19.9 Å². The number of aromatic nitrogens is 3. The fourth-order valence-corrected chi connectivity index (χ4v) is 4.18. The third kappa shape index (κ3) is 2.07. The first kappa shape index (κ1) is 16.0. The minimum atomic E-state index is -0.507. The first-order valence-electron chi connectivity index (χ1n) is 8.44. The second-order valence-electron chi connectivity index (χ2n) is 6.74. The van der Waals surface area contributed by atoms with Crippen LogP contribution < -0.4 is 11.0 Å². The summed E-state index contributed by atoms with van der Waals surface area (Å²) < 4.78 is 7.68. The van der Waals surface area contributed by atoms with Gasteiger partial charge in [0.05, 0.1) is 10.9 Å². The molecule has 5 aromatic rings. The number of thiophene rings is 1. The molecule has 0 spiro atoms. The van der Waals surface area contributed by atoms with E-state index < -0.39 is 11.2 Å². The molecule has 8 heteroatoms. The van der Waals surface area contributed by atoms with E-state index in [2.05, 4.69) is 10.1 Å². The lowest BCUT2D eigenvalue weighted by molar-refractivity contribution is 0.464. The number of H-pyrrole nitrogens is 2. The maximum atomic E-state index is 12.8. The number of pyridine rings is 1. The van der Waals surface area contributed by atoms with Gasteiger partial charge in [-0.2, -0.15) is 11.3 Å². The van der Waals surface area contributed by atoms with E-state index in [-0.39, 0.29) is 17.2 Å².